The highest BCUT2D eigenvalue weighted by atomic mass is 127. The molecule has 0 bridgehead atoms. The lowest BCUT2D eigenvalue weighted by molar-refractivity contribution is 0.0585. The van der Waals surface area contributed by atoms with Gasteiger partial charge in [0.05, 0.1) is 16.9 Å². The largest absolute Gasteiger partial charge is 0.464 e. The van der Waals surface area contributed by atoms with Crippen LogP contribution in [0, 0.1) is 3.57 Å². The Balaban J connectivity index is 3.10. The van der Waals surface area contributed by atoms with Crippen LogP contribution in [0.25, 0.3) is 0 Å². The summed E-state index contributed by atoms with van der Waals surface area (Å²) in [7, 11) is 1.37. The molecule has 0 N–H and O–H groups in total. The van der Waals surface area contributed by atoms with E-state index in [1.54, 1.807) is 10.9 Å². The summed E-state index contributed by atoms with van der Waals surface area (Å²) in [6, 6.07) is 0. The Hall–Kier alpha value is -0.590. The average molecular weight is 280 g/mol. The zero-order chi connectivity index (χ0) is 9.14. The lowest BCUT2D eigenvalue weighted by Crippen LogP contribution is -2.11. The van der Waals surface area contributed by atoms with Crippen LogP contribution in [0.15, 0.2) is 6.20 Å². The molecule has 12 heavy (non-hydrogen) atoms. The number of carbonyl (C=O) groups excluding carboxylic acids is 1. The van der Waals surface area contributed by atoms with Crippen LogP contribution >= 0.6 is 22.6 Å². The van der Waals surface area contributed by atoms with Crippen molar-refractivity contribution in [3.63, 3.8) is 0 Å². The Bertz CT molecular complexity index is 296. The maximum absolute atomic E-state index is 11.2. The summed E-state index contributed by atoms with van der Waals surface area (Å²) in [6.45, 7) is 2.60. The normalized spacial score (nSPS) is 9.92. The lowest BCUT2D eigenvalue weighted by atomic mass is 10.4. The third-order valence-electron chi connectivity index (χ3n) is 1.47. The van der Waals surface area contributed by atoms with Crippen LogP contribution in [0.5, 0.6) is 0 Å². The number of esters is 1. The molecule has 0 atom stereocenters. The predicted octanol–water partition coefficient (Wildman–Crippen LogP) is 1.29. The van der Waals surface area contributed by atoms with Gasteiger partial charge < -0.3 is 4.74 Å². The van der Waals surface area contributed by atoms with E-state index in [9.17, 15) is 4.79 Å². The summed E-state index contributed by atoms with van der Waals surface area (Å²) in [5.41, 5.74) is 0.528. The fourth-order valence-corrected chi connectivity index (χ4v) is 1.53. The summed E-state index contributed by atoms with van der Waals surface area (Å²) in [4.78, 5) is 11.2. The van der Waals surface area contributed by atoms with Gasteiger partial charge in [-0.05, 0) is 29.5 Å². The molecule has 1 rings (SSSR count). The number of halogens is 1. The van der Waals surface area contributed by atoms with E-state index in [0.29, 0.717) is 12.2 Å². The van der Waals surface area contributed by atoms with Gasteiger partial charge in [-0.25, -0.2) is 4.79 Å². The van der Waals surface area contributed by atoms with Gasteiger partial charge >= 0.3 is 5.97 Å². The second kappa shape index (κ2) is 3.88. The minimum atomic E-state index is -0.334. The van der Waals surface area contributed by atoms with Gasteiger partial charge in [0.25, 0.3) is 0 Å². The Morgan fingerprint density at radius 1 is 1.83 bits per heavy atom. The van der Waals surface area contributed by atoms with Crippen molar-refractivity contribution in [2.75, 3.05) is 7.11 Å². The first-order valence-electron chi connectivity index (χ1n) is 3.50. The molecule has 4 nitrogen and oxygen atoms in total. The van der Waals surface area contributed by atoms with Gasteiger partial charge in [-0.1, -0.05) is 0 Å². The molecule has 0 aliphatic heterocycles. The number of methoxy groups -OCH3 is 1. The molecular formula is C7H9IN2O2. The fourth-order valence-electron chi connectivity index (χ4n) is 0.902. The molecular weight excluding hydrogens is 271 g/mol. The molecule has 1 aromatic heterocycles. The molecule has 66 valence electrons. The summed E-state index contributed by atoms with van der Waals surface area (Å²) in [5, 5.41) is 4.01. The zero-order valence-electron chi connectivity index (χ0n) is 6.87. The highest BCUT2D eigenvalue weighted by Crippen LogP contribution is 2.12. The number of hydrogen-bond donors (Lipinski definition) is 0. The molecule has 0 saturated heterocycles. The van der Waals surface area contributed by atoms with Gasteiger partial charge in [-0.15, -0.1) is 0 Å². The summed E-state index contributed by atoms with van der Waals surface area (Å²) in [5.74, 6) is -0.334. The van der Waals surface area contributed by atoms with E-state index in [-0.39, 0.29) is 5.97 Å². The standard InChI is InChI=1S/C7H9IN2O2/c1-3-10-6(7(11)12-2)5(8)4-9-10/h4H,3H2,1-2H3. The quantitative estimate of drug-likeness (QED) is 0.605. The van der Waals surface area contributed by atoms with Gasteiger partial charge in [0.2, 0.25) is 0 Å². The first-order chi connectivity index (χ1) is 5.70. The van der Waals surface area contributed by atoms with Gasteiger partial charge in [0, 0.05) is 6.54 Å². The van der Waals surface area contributed by atoms with E-state index < -0.39 is 0 Å². The van der Waals surface area contributed by atoms with Crippen LogP contribution < -0.4 is 0 Å². The van der Waals surface area contributed by atoms with Gasteiger partial charge in [0.15, 0.2) is 5.69 Å². The van der Waals surface area contributed by atoms with Crippen LogP contribution in [-0.4, -0.2) is 22.9 Å². The summed E-state index contributed by atoms with van der Waals surface area (Å²) >= 11 is 2.06. The minimum absolute atomic E-state index is 0.334. The van der Waals surface area contributed by atoms with Crippen LogP contribution in [0.1, 0.15) is 17.4 Å². The number of aryl methyl sites for hydroxylation is 1. The molecule has 0 aromatic carbocycles. The first kappa shape index (κ1) is 9.50. The maximum Gasteiger partial charge on any atom is 0.357 e. The van der Waals surface area contributed by atoms with Crippen LogP contribution in [-0.2, 0) is 11.3 Å². The Kier molecular flexibility index (Phi) is 3.07. The topological polar surface area (TPSA) is 44.1 Å². The van der Waals surface area contributed by atoms with Crippen molar-refractivity contribution >= 4 is 28.6 Å². The number of carbonyl (C=O) groups is 1. The summed E-state index contributed by atoms with van der Waals surface area (Å²) in [6.07, 6.45) is 1.65. The summed E-state index contributed by atoms with van der Waals surface area (Å²) < 4.78 is 7.05. The molecule has 0 aliphatic rings. The zero-order valence-corrected chi connectivity index (χ0v) is 9.03. The van der Waals surface area contributed by atoms with Gasteiger partial charge in [0.1, 0.15) is 0 Å². The van der Waals surface area contributed by atoms with Crippen LogP contribution in [0.3, 0.4) is 0 Å². The minimum Gasteiger partial charge on any atom is -0.464 e. The Morgan fingerprint density at radius 2 is 2.50 bits per heavy atom. The molecule has 0 spiro atoms. The van der Waals surface area contributed by atoms with Crippen LogP contribution in [0.2, 0.25) is 0 Å². The van der Waals surface area contributed by atoms with Crippen molar-refractivity contribution in [1.29, 1.82) is 0 Å². The molecule has 0 aliphatic carbocycles. The van der Waals surface area contributed by atoms with Crippen molar-refractivity contribution in [3.05, 3.63) is 15.5 Å². The van der Waals surface area contributed by atoms with E-state index in [2.05, 4.69) is 32.4 Å². The first-order valence-corrected chi connectivity index (χ1v) is 4.58. The number of aromatic nitrogens is 2. The van der Waals surface area contributed by atoms with E-state index in [1.807, 2.05) is 6.92 Å². The molecule has 5 heteroatoms. The highest BCUT2D eigenvalue weighted by Gasteiger charge is 2.15. The Labute approximate surface area is 84.0 Å². The molecule has 1 aromatic rings. The number of rotatable bonds is 2. The number of nitrogens with zero attached hydrogens (tertiary/aromatic N) is 2. The third-order valence-corrected chi connectivity index (χ3v) is 2.26. The molecule has 1 heterocycles. The molecule has 0 unspecified atom stereocenters. The van der Waals surface area contributed by atoms with Crippen molar-refractivity contribution in [2.45, 2.75) is 13.5 Å². The highest BCUT2D eigenvalue weighted by molar-refractivity contribution is 14.1. The smallest absolute Gasteiger partial charge is 0.357 e. The number of hydrogen-bond acceptors (Lipinski definition) is 3. The third kappa shape index (κ3) is 1.60. The second-order valence-electron chi connectivity index (χ2n) is 2.15. The van der Waals surface area contributed by atoms with Crippen molar-refractivity contribution in [1.82, 2.24) is 9.78 Å². The van der Waals surface area contributed by atoms with Crippen molar-refractivity contribution < 1.29 is 9.53 Å². The SMILES string of the molecule is CCn1ncc(I)c1C(=O)OC. The van der Waals surface area contributed by atoms with Crippen molar-refractivity contribution in [3.8, 4) is 0 Å². The van der Waals surface area contributed by atoms with E-state index in [0.717, 1.165) is 3.57 Å². The monoisotopic (exact) mass is 280 g/mol. The lowest BCUT2D eigenvalue weighted by Gasteiger charge is -2.01. The van der Waals surface area contributed by atoms with Crippen molar-refractivity contribution in [2.24, 2.45) is 0 Å². The van der Waals surface area contributed by atoms with E-state index in [1.165, 1.54) is 7.11 Å². The van der Waals surface area contributed by atoms with E-state index in [4.69, 9.17) is 0 Å². The van der Waals surface area contributed by atoms with Gasteiger partial charge in [-0.3, -0.25) is 4.68 Å². The van der Waals surface area contributed by atoms with Gasteiger partial charge in [-0.2, -0.15) is 5.10 Å². The fraction of sp³-hybridized carbons (Fsp3) is 0.429. The molecule has 0 radical (unpaired) electrons. The predicted molar refractivity (Wildman–Crippen MR) is 52.0 cm³/mol. The number of ether oxygens (including phenoxy) is 1. The van der Waals surface area contributed by atoms with E-state index >= 15 is 0 Å². The molecule has 0 saturated carbocycles. The second-order valence-corrected chi connectivity index (χ2v) is 3.31. The molecule has 0 fully saturated rings. The average Bonchev–Trinajstić information content (AvgIpc) is 2.45. The van der Waals surface area contributed by atoms with Crippen LogP contribution in [0.4, 0.5) is 0 Å². The maximum atomic E-state index is 11.2. The Morgan fingerprint density at radius 3 is 3.00 bits per heavy atom. The molecule has 0 amide bonds.